The lowest BCUT2D eigenvalue weighted by molar-refractivity contribution is -0.120. The average molecular weight is 535 g/mol. The van der Waals surface area contributed by atoms with Gasteiger partial charge in [0.25, 0.3) is 11.8 Å². The van der Waals surface area contributed by atoms with Crippen molar-refractivity contribution in [3.8, 4) is 0 Å². The third-order valence-electron chi connectivity index (χ3n) is 5.75. The molecule has 0 spiro atoms. The molecule has 4 rings (SSSR count). The summed E-state index contributed by atoms with van der Waals surface area (Å²) in [5.74, 6) is -1.28. The number of esters is 1. The summed E-state index contributed by atoms with van der Waals surface area (Å²) in [6.07, 6.45) is 3.12. The van der Waals surface area contributed by atoms with Crippen molar-refractivity contribution in [3.63, 3.8) is 0 Å². The zero-order valence-electron chi connectivity index (χ0n) is 20.6. The van der Waals surface area contributed by atoms with Gasteiger partial charge in [-0.3, -0.25) is 9.59 Å². The number of carbonyl (C=O) groups excluding carboxylic acids is 3. The van der Waals surface area contributed by atoms with Gasteiger partial charge < -0.3 is 10.1 Å². The van der Waals surface area contributed by atoms with Crippen LogP contribution in [0.25, 0.3) is 0 Å². The Hall–Kier alpha value is -3.55. The molecule has 0 saturated carbocycles. The van der Waals surface area contributed by atoms with Crippen LogP contribution >= 0.6 is 23.4 Å². The Morgan fingerprint density at radius 1 is 0.919 bits per heavy atom. The van der Waals surface area contributed by atoms with Gasteiger partial charge in [0.1, 0.15) is 10.6 Å². The first-order chi connectivity index (χ1) is 17.9. The van der Waals surface area contributed by atoms with E-state index in [0.717, 1.165) is 29.7 Å². The summed E-state index contributed by atoms with van der Waals surface area (Å²) in [4.78, 5) is 41.4. The number of benzene rings is 3. The molecule has 190 valence electrons. The van der Waals surface area contributed by atoms with Crippen LogP contribution in [0.15, 0.2) is 88.3 Å². The first-order valence-corrected chi connectivity index (χ1v) is 13.3. The molecule has 0 unspecified atom stereocenters. The fourth-order valence-corrected chi connectivity index (χ4v) is 4.86. The van der Waals surface area contributed by atoms with E-state index in [1.165, 1.54) is 16.7 Å². The molecule has 1 N–H and O–H groups in total. The molecule has 0 saturated heterocycles. The first-order valence-electron chi connectivity index (χ1n) is 12.1. The smallest absolute Gasteiger partial charge is 0.338 e. The number of carbonyl (C=O) groups is 3. The van der Waals surface area contributed by atoms with E-state index in [-0.39, 0.29) is 17.2 Å². The number of anilines is 2. The summed E-state index contributed by atoms with van der Waals surface area (Å²) in [7, 11) is 0. The van der Waals surface area contributed by atoms with E-state index in [1.807, 2.05) is 24.3 Å². The Bertz CT molecular complexity index is 1320. The predicted octanol–water partition coefficient (Wildman–Crippen LogP) is 6.85. The molecule has 0 fully saturated rings. The standard InChI is InChI=1S/C29H27ClN2O4S/c1-3-5-6-19-7-15-23(16-8-19)32-27(33)25(26(28(32)34)37-24-17-11-21(30)12-18-24)31-22-13-9-20(10-14-22)29(35)36-4-2/h7-18,31H,3-6H2,1-2H3. The molecule has 1 heterocycles. The van der Waals surface area contributed by atoms with Crippen LogP contribution in [0.2, 0.25) is 5.02 Å². The van der Waals surface area contributed by atoms with Gasteiger partial charge in [-0.1, -0.05) is 48.8 Å². The number of nitrogens with zero attached hydrogens (tertiary/aromatic N) is 1. The van der Waals surface area contributed by atoms with Crippen LogP contribution in [-0.2, 0) is 20.7 Å². The lowest BCUT2D eigenvalue weighted by atomic mass is 10.1. The molecule has 6 nitrogen and oxygen atoms in total. The van der Waals surface area contributed by atoms with Crippen molar-refractivity contribution in [2.24, 2.45) is 0 Å². The number of hydrogen-bond donors (Lipinski definition) is 1. The van der Waals surface area contributed by atoms with Gasteiger partial charge in [-0.25, -0.2) is 9.69 Å². The molecular formula is C29H27ClN2O4S. The summed E-state index contributed by atoms with van der Waals surface area (Å²) in [6.45, 7) is 4.16. The van der Waals surface area contributed by atoms with Crippen LogP contribution in [0.3, 0.4) is 0 Å². The average Bonchev–Trinajstić information content (AvgIpc) is 3.13. The predicted molar refractivity (Wildman–Crippen MR) is 148 cm³/mol. The number of imide groups is 1. The molecule has 0 atom stereocenters. The monoisotopic (exact) mass is 534 g/mol. The highest BCUT2D eigenvalue weighted by atomic mass is 35.5. The van der Waals surface area contributed by atoms with Crippen LogP contribution in [-0.4, -0.2) is 24.4 Å². The summed E-state index contributed by atoms with van der Waals surface area (Å²) in [5, 5.41) is 3.69. The summed E-state index contributed by atoms with van der Waals surface area (Å²) >= 11 is 7.22. The Morgan fingerprint density at radius 3 is 2.22 bits per heavy atom. The maximum absolute atomic E-state index is 13.6. The number of aryl methyl sites for hydroxylation is 1. The largest absolute Gasteiger partial charge is 0.462 e. The van der Waals surface area contributed by atoms with Crippen molar-refractivity contribution in [1.29, 1.82) is 0 Å². The Kier molecular flexibility index (Phi) is 8.69. The quantitative estimate of drug-likeness (QED) is 0.226. The van der Waals surface area contributed by atoms with Crippen LogP contribution in [0, 0.1) is 0 Å². The highest BCUT2D eigenvalue weighted by Gasteiger charge is 2.40. The molecule has 2 amide bonds. The topological polar surface area (TPSA) is 75.7 Å². The number of hydrogen-bond acceptors (Lipinski definition) is 6. The van der Waals surface area contributed by atoms with Crippen molar-refractivity contribution < 1.29 is 19.1 Å². The lowest BCUT2D eigenvalue weighted by Crippen LogP contribution is -2.32. The van der Waals surface area contributed by atoms with Gasteiger partial charge >= 0.3 is 5.97 Å². The van der Waals surface area contributed by atoms with E-state index in [2.05, 4.69) is 12.2 Å². The minimum Gasteiger partial charge on any atom is -0.462 e. The molecule has 3 aromatic rings. The molecule has 0 aliphatic carbocycles. The number of halogens is 1. The van der Waals surface area contributed by atoms with Gasteiger partial charge in [0.05, 0.1) is 17.9 Å². The van der Waals surface area contributed by atoms with Crippen LogP contribution < -0.4 is 10.2 Å². The van der Waals surface area contributed by atoms with Crippen LogP contribution in [0.1, 0.15) is 42.6 Å². The molecule has 37 heavy (non-hydrogen) atoms. The van der Waals surface area contributed by atoms with Crippen LogP contribution in [0.5, 0.6) is 0 Å². The second-order valence-electron chi connectivity index (χ2n) is 8.40. The molecule has 1 aliphatic heterocycles. The molecule has 8 heteroatoms. The van der Waals surface area contributed by atoms with Gasteiger partial charge in [-0.2, -0.15) is 0 Å². The molecule has 1 aliphatic rings. The number of amides is 2. The lowest BCUT2D eigenvalue weighted by Gasteiger charge is -2.16. The zero-order chi connectivity index (χ0) is 26.4. The second-order valence-corrected chi connectivity index (χ2v) is 9.92. The minimum atomic E-state index is -0.447. The second kappa shape index (κ2) is 12.1. The van der Waals surface area contributed by atoms with Gasteiger partial charge in [-0.15, -0.1) is 0 Å². The molecule has 0 aromatic heterocycles. The van der Waals surface area contributed by atoms with Gasteiger partial charge in [0.2, 0.25) is 0 Å². The molecule has 0 radical (unpaired) electrons. The summed E-state index contributed by atoms with van der Waals surface area (Å²) < 4.78 is 5.03. The normalized spacial score (nSPS) is 13.3. The first kappa shape index (κ1) is 26.5. The van der Waals surface area contributed by atoms with E-state index in [0.29, 0.717) is 22.0 Å². The number of rotatable bonds is 10. The minimum absolute atomic E-state index is 0.170. The maximum atomic E-state index is 13.6. The molecule has 0 bridgehead atoms. The van der Waals surface area contributed by atoms with Crippen molar-refractivity contribution in [2.75, 3.05) is 16.8 Å². The van der Waals surface area contributed by atoms with Gasteiger partial charge in [0.15, 0.2) is 0 Å². The van der Waals surface area contributed by atoms with E-state index < -0.39 is 17.8 Å². The fourth-order valence-electron chi connectivity index (χ4n) is 3.81. The zero-order valence-corrected chi connectivity index (χ0v) is 22.2. The van der Waals surface area contributed by atoms with Gasteiger partial charge in [0, 0.05) is 15.6 Å². The van der Waals surface area contributed by atoms with Crippen molar-refractivity contribution in [3.05, 3.63) is 99.5 Å². The van der Waals surface area contributed by atoms with E-state index >= 15 is 0 Å². The number of ether oxygens (including phenoxy) is 1. The van der Waals surface area contributed by atoms with E-state index in [9.17, 15) is 14.4 Å². The fraction of sp³-hybridized carbons (Fsp3) is 0.207. The Morgan fingerprint density at radius 2 is 1.59 bits per heavy atom. The van der Waals surface area contributed by atoms with Crippen LogP contribution in [0.4, 0.5) is 11.4 Å². The number of unbranched alkanes of at least 4 members (excludes halogenated alkanes) is 1. The molecule has 3 aromatic carbocycles. The third-order valence-corrected chi connectivity index (χ3v) is 7.10. The number of nitrogens with one attached hydrogen (secondary N) is 1. The van der Waals surface area contributed by atoms with Crippen molar-refractivity contribution in [1.82, 2.24) is 0 Å². The molecular weight excluding hydrogens is 508 g/mol. The van der Waals surface area contributed by atoms with Crippen molar-refractivity contribution >= 4 is 52.5 Å². The highest BCUT2D eigenvalue weighted by molar-refractivity contribution is 8.04. The summed E-state index contributed by atoms with van der Waals surface area (Å²) in [6, 6.07) is 21.2. The third kappa shape index (κ3) is 6.24. The van der Waals surface area contributed by atoms with Gasteiger partial charge in [-0.05, 0) is 86.0 Å². The SMILES string of the molecule is CCCCc1ccc(N2C(=O)C(Nc3ccc(C(=O)OCC)cc3)=C(Sc3ccc(Cl)cc3)C2=O)cc1. The Balaban J connectivity index is 1.64. The maximum Gasteiger partial charge on any atom is 0.338 e. The number of thioether (sulfide) groups is 1. The van der Waals surface area contributed by atoms with E-state index in [4.69, 9.17) is 16.3 Å². The van der Waals surface area contributed by atoms with E-state index in [1.54, 1.807) is 55.5 Å². The summed E-state index contributed by atoms with van der Waals surface area (Å²) in [5.41, 5.74) is 2.81. The Labute approximate surface area is 225 Å². The van der Waals surface area contributed by atoms with Crippen molar-refractivity contribution in [2.45, 2.75) is 38.0 Å². The highest BCUT2D eigenvalue weighted by Crippen LogP contribution is 2.38.